The molecule has 4 aliphatic rings. The fourth-order valence-electron chi connectivity index (χ4n) is 6.29. The number of carbonyl (C=O) groups is 1. The molecule has 7 nitrogen and oxygen atoms in total. The molecule has 5 heterocycles. The first-order valence-corrected chi connectivity index (χ1v) is 13.5. The fraction of sp³-hybridized carbons (Fsp3) is 0.556. The molecule has 1 unspecified atom stereocenters. The van der Waals surface area contributed by atoms with E-state index in [1.54, 1.807) is 23.1 Å². The molecule has 1 aromatic heterocycles. The molecule has 3 fully saturated rings. The first-order valence-electron chi connectivity index (χ1n) is 13.1. The topological polar surface area (TPSA) is 60.9 Å². The zero-order chi connectivity index (χ0) is 26.8. The van der Waals surface area contributed by atoms with Crippen LogP contribution in [-0.4, -0.2) is 90.1 Å². The zero-order valence-corrected chi connectivity index (χ0v) is 22.2. The SMILES string of the molecule is CC1(C)CC(N2CCC(F)(F)C2)CN1c1nc(-c2ccccc2F)c(Cl)c2c1C(=O)N1CCNC[C@@H]1CO2. The minimum absolute atomic E-state index is 0.0859. The van der Waals surface area contributed by atoms with Crippen molar-refractivity contribution in [1.29, 1.82) is 0 Å². The van der Waals surface area contributed by atoms with Gasteiger partial charge in [-0.2, -0.15) is 0 Å². The molecule has 0 radical (unpaired) electrons. The number of carbonyl (C=O) groups excluding carboxylic acids is 1. The van der Waals surface area contributed by atoms with Crippen LogP contribution in [0.1, 0.15) is 37.0 Å². The Labute approximate surface area is 224 Å². The van der Waals surface area contributed by atoms with E-state index in [2.05, 4.69) is 5.32 Å². The summed E-state index contributed by atoms with van der Waals surface area (Å²) in [5, 5.41) is 3.38. The first-order chi connectivity index (χ1) is 18.1. The number of alkyl halides is 2. The number of aromatic nitrogens is 1. The van der Waals surface area contributed by atoms with Crippen molar-refractivity contribution in [3.8, 4) is 17.0 Å². The van der Waals surface area contributed by atoms with Gasteiger partial charge in [-0.15, -0.1) is 0 Å². The number of fused-ring (bicyclic) bond motifs is 2. The molecule has 11 heteroatoms. The van der Waals surface area contributed by atoms with Crippen molar-refractivity contribution in [3.05, 3.63) is 40.7 Å². The maximum atomic E-state index is 15.0. The summed E-state index contributed by atoms with van der Waals surface area (Å²) < 4.78 is 49.3. The van der Waals surface area contributed by atoms with Crippen molar-refractivity contribution >= 4 is 23.3 Å². The van der Waals surface area contributed by atoms with Crippen LogP contribution < -0.4 is 15.0 Å². The van der Waals surface area contributed by atoms with Crippen LogP contribution >= 0.6 is 11.6 Å². The molecule has 1 aromatic carbocycles. The van der Waals surface area contributed by atoms with Gasteiger partial charge in [0.05, 0.1) is 18.3 Å². The molecule has 0 bridgehead atoms. The summed E-state index contributed by atoms with van der Waals surface area (Å²) in [6.07, 6.45) is 0.454. The van der Waals surface area contributed by atoms with Crippen LogP contribution in [-0.2, 0) is 0 Å². The second-order valence-electron chi connectivity index (χ2n) is 11.3. The van der Waals surface area contributed by atoms with E-state index in [1.165, 1.54) is 6.07 Å². The monoisotopic (exact) mass is 549 g/mol. The molecule has 38 heavy (non-hydrogen) atoms. The Morgan fingerprint density at radius 1 is 1.18 bits per heavy atom. The summed E-state index contributed by atoms with van der Waals surface area (Å²) in [6.45, 7) is 6.46. The summed E-state index contributed by atoms with van der Waals surface area (Å²) in [7, 11) is 0. The molecular weight excluding hydrogens is 519 g/mol. The van der Waals surface area contributed by atoms with Crippen molar-refractivity contribution in [2.45, 2.75) is 50.2 Å². The number of hydrogen-bond donors (Lipinski definition) is 1. The maximum absolute atomic E-state index is 15.0. The first kappa shape index (κ1) is 25.7. The van der Waals surface area contributed by atoms with E-state index in [-0.39, 0.29) is 65.2 Å². The average molecular weight is 550 g/mol. The van der Waals surface area contributed by atoms with Gasteiger partial charge in [0, 0.05) is 56.3 Å². The Bertz CT molecular complexity index is 1280. The lowest BCUT2D eigenvalue weighted by Crippen LogP contribution is -2.55. The number of benzene rings is 1. The van der Waals surface area contributed by atoms with Crippen LogP contribution in [0, 0.1) is 5.82 Å². The minimum Gasteiger partial charge on any atom is -0.489 e. The number of piperazine rings is 1. The third-order valence-corrected chi connectivity index (χ3v) is 8.63. The number of halogens is 4. The number of amides is 1. The van der Waals surface area contributed by atoms with Gasteiger partial charge in [0.2, 0.25) is 0 Å². The summed E-state index contributed by atoms with van der Waals surface area (Å²) in [5.74, 6) is -2.88. The van der Waals surface area contributed by atoms with E-state index >= 15 is 0 Å². The number of nitrogens with one attached hydrogen (secondary N) is 1. The molecule has 1 amide bonds. The van der Waals surface area contributed by atoms with E-state index in [0.29, 0.717) is 45.0 Å². The highest BCUT2D eigenvalue weighted by molar-refractivity contribution is 6.35. The van der Waals surface area contributed by atoms with Gasteiger partial charge in [-0.25, -0.2) is 18.2 Å². The van der Waals surface area contributed by atoms with Crippen molar-refractivity contribution in [2.75, 3.05) is 50.8 Å². The Hall–Kier alpha value is -2.56. The molecule has 2 atom stereocenters. The number of anilines is 1. The summed E-state index contributed by atoms with van der Waals surface area (Å²) in [6, 6.07) is 5.88. The lowest BCUT2D eigenvalue weighted by Gasteiger charge is -2.36. The van der Waals surface area contributed by atoms with Crippen molar-refractivity contribution in [1.82, 2.24) is 20.1 Å². The van der Waals surface area contributed by atoms with E-state index in [1.807, 2.05) is 23.6 Å². The average Bonchev–Trinajstić information content (AvgIpc) is 3.35. The maximum Gasteiger partial charge on any atom is 0.261 e. The molecular formula is C27H31ClF3N5O2. The molecule has 0 saturated carbocycles. The van der Waals surface area contributed by atoms with Gasteiger partial charge in [-0.05, 0) is 32.4 Å². The Morgan fingerprint density at radius 2 is 1.97 bits per heavy atom. The van der Waals surface area contributed by atoms with Crippen LogP contribution in [0.3, 0.4) is 0 Å². The molecule has 4 aliphatic heterocycles. The summed E-state index contributed by atoms with van der Waals surface area (Å²) in [5.41, 5.74) is 0.129. The lowest BCUT2D eigenvalue weighted by molar-refractivity contribution is 0.00826. The highest BCUT2D eigenvalue weighted by atomic mass is 35.5. The molecule has 0 aliphatic carbocycles. The van der Waals surface area contributed by atoms with Gasteiger partial charge in [0.1, 0.15) is 28.8 Å². The van der Waals surface area contributed by atoms with Crippen molar-refractivity contribution in [2.24, 2.45) is 0 Å². The van der Waals surface area contributed by atoms with Crippen LogP contribution in [0.4, 0.5) is 19.0 Å². The largest absolute Gasteiger partial charge is 0.489 e. The van der Waals surface area contributed by atoms with E-state index in [9.17, 15) is 18.0 Å². The molecule has 2 aromatic rings. The van der Waals surface area contributed by atoms with Gasteiger partial charge < -0.3 is 19.9 Å². The molecule has 1 N–H and O–H groups in total. The van der Waals surface area contributed by atoms with Crippen LogP contribution in [0.25, 0.3) is 11.3 Å². The quantitative estimate of drug-likeness (QED) is 0.623. The second kappa shape index (κ2) is 9.27. The fourth-order valence-corrected chi connectivity index (χ4v) is 6.58. The van der Waals surface area contributed by atoms with E-state index in [0.717, 1.165) is 0 Å². The number of likely N-dealkylation sites (tertiary alicyclic amines) is 1. The van der Waals surface area contributed by atoms with Crippen molar-refractivity contribution < 1.29 is 22.7 Å². The molecule has 3 saturated heterocycles. The van der Waals surface area contributed by atoms with Crippen LogP contribution in [0.15, 0.2) is 24.3 Å². The third-order valence-electron chi connectivity index (χ3n) is 8.28. The third kappa shape index (κ3) is 4.30. The highest BCUT2D eigenvalue weighted by Gasteiger charge is 2.49. The van der Waals surface area contributed by atoms with Gasteiger partial charge in [0.15, 0.2) is 5.75 Å². The number of nitrogens with zero attached hydrogens (tertiary/aromatic N) is 4. The predicted octanol–water partition coefficient (Wildman–Crippen LogP) is 4.05. The Morgan fingerprint density at radius 3 is 2.71 bits per heavy atom. The molecule has 6 rings (SSSR count). The van der Waals surface area contributed by atoms with E-state index in [4.69, 9.17) is 21.3 Å². The molecule has 0 spiro atoms. The van der Waals surface area contributed by atoms with E-state index < -0.39 is 17.3 Å². The van der Waals surface area contributed by atoms with Gasteiger partial charge in [-0.1, -0.05) is 23.7 Å². The number of hydrogen-bond acceptors (Lipinski definition) is 6. The second-order valence-corrected chi connectivity index (χ2v) is 11.7. The van der Waals surface area contributed by atoms with Gasteiger partial charge in [0.25, 0.3) is 11.8 Å². The van der Waals surface area contributed by atoms with Gasteiger partial charge >= 0.3 is 0 Å². The predicted molar refractivity (Wildman–Crippen MR) is 139 cm³/mol. The van der Waals surface area contributed by atoms with Crippen LogP contribution in [0.2, 0.25) is 5.02 Å². The summed E-state index contributed by atoms with van der Waals surface area (Å²) >= 11 is 6.83. The van der Waals surface area contributed by atoms with Gasteiger partial charge in [-0.3, -0.25) is 9.69 Å². The smallest absolute Gasteiger partial charge is 0.261 e. The number of rotatable bonds is 3. The normalized spacial score (nSPS) is 26.6. The number of pyridine rings is 1. The summed E-state index contributed by atoms with van der Waals surface area (Å²) in [4.78, 5) is 24.5. The minimum atomic E-state index is -2.70. The standard InChI is InChI=1S/C27H31ClF3N5O2/c1-26(2)11-16(34-9-7-27(30,31)15-34)13-36(26)24-20-23(38-14-17-12-32-8-10-35(17)25(20)37)21(28)22(33-24)18-5-3-4-6-19(18)29/h3-6,16-17,32H,7-15H2,1-2H3/t16?,17-/m1/s1. The number of ether oxygens (including phenoxy) is 1. The lowest BCUT2D eigenvalue weighted by atomic mass is 9.98. The Balaban J connectivity index is 1.50. The zero-order valence-electron chi connectivity index (χ0n) is 21.4. The molecule has 204 valence electrons. The van der Waals surface area contributed by atoms with Crippen molar-refractivity contribution in [3.63, 3.8) is 0 Å². The highest BCUT2D eigenvalue weighted by Crippen LogP contribution is 2.47. The van der Waals surface area contributed by atoms with Crippen LogP contribution in [0.5, 0.6) is 5.75 Å². The Kier molecular flexibility index (Phi) is 6.27.